The molecule has 1 N–H and O–H groups in total. The molecule has 0 radical (unpaired) electrons. The summed E-state index contributed by atoms with van der Waals surface area (Å²) < 4.78 is 0. The molecule has 12 heavy (non-hydrogen) atoms. The van der Waals surface area contributed by atoms with Gasteiger partial charge in [-0.1, -0.05) is 6.07 Å². The maximum atomic E-state index is 4.08. The van der Waals surface area contributed by atoms with Crippen molar-refractivity contribution in [2.75, 3.05) is 13.1 Å². The van der Waals surface area contributed by atoms with E-state index in [0.29, 0.717) is 0 Å². The Balaban J connectivity index is 2.22. The molecular formula is C10H12N2. The fourth-order valence-corrected chi connectivity index (χ4v) is 1.45. The van der Waals surface area contributed by atoms with Crippen LogP contribution in [0.3, 0.4) is 0 Å². The van der Waals surface area contributed by atoms with Crippen molar-refractivity contribution < 1.29 is 4.90 Å². The minimum atomic E-state index is 1.02. The van der Waals surface area contributed by atoms with Gasteiger partial charge in [-0.05, 0) is 12.1 Å². The third-order valence-corrected chi connectivity index (χ3v) is 2.11. The molecule has 0 aliphatic carbocycles. The summed E-state index contributed by atoms with van der Waals surface area (Å²) in [6.07, 6.45) is 5.94. The highest BCUT2D eigenvalue weighted by Gasteiger charge is 2.10. The van der Waals surface area contributed by atoms with Crippen LogP contribution >= 0.6 is 0 Å². The maximum Gasteiger partial charge on any atom is 0.0795 e. The van der Waals surface area contributed by atoms with Crippen molar-refractivity contribution in [3.63, 3.8) is 0 Å². The zero-order valence-electron chi connectivity index (χ0n) is 6.96. The van der Waals surface area contributed by atoms with Crippen molar-refractivity contribution in [2.24, 2.45) is 0 Å². The van der Waals surface area contributed by atoms with E-state index >= 15 is 0 Å². The van der Waals surface area contributed by atoms with E-state index in [1.165, 1.54) is 16.0 Å². The zero-order chi connectivity index (χ0) is 8.39. The molecule has 0 saturated carbocycles. The highest BCUT2D eigenvalue weighted by molar-refractivity contribution is 5.66. The SMILES string of the molecule is [CH2-][NH+]1CC=C(c2cccnc2)C1. The predicted molar refractivity (Wildman–Crippen MR) is 48.3 cm³/mol. The van der Waals surface area contributed by atoms with E-state index in [1.807, 2.05) is 12.3 Å². The van der Waals surface area contributed by atoms with Gasteiger partial charge in [-0.25, -0.2) is 0 Å². The second-order valence-corrected chi connectivity index (χ2v) is 3.10. The van der Waals surface area contributed by atoms with Crippen LogP contribution in [0.5, 0.6) is 0 Å². The monoisotopic (exact) mass is 160 g/mol. The number of pyridine rings is 1. The van der Waals surface area contributed by atoms with Gasteiger partial charge < -0.3 is 4.90 Å². The number of hydrogen-bond acceptors (Lipinski definition) is 1. The van der Waals surface area contributed by atoms with E-state index in [9.17, 15) is 0 Å². The maximum absolute atomic E-state index is 4.08. The lowest BCUT2D eigenvalue weighted by molar-refractivity contribution is -0.833. The third kappa shape index (κ3) is 1.38. The van der Waals surface area contributed by atoms with Crippen LogP contribution in [-0.2, 0) is 0 Å². The van der Waals surface area contributed by atoms with Crippen molar-refractivity contribution >= 4 is 5.57 Å². The lowest BCUT2D eigenvalue weighted by Gasteiger charge is -2.12. The Morgan fingerprint density at radius 2 is 2.42 bits per heavy atom. The Bertz CT molecular complexity index is 290. The molecule has 2 heteroatoms. The van der Waals surface area contributed by atoms with Crippen molar-refractivity contribution in [3.05, 3.63) is 43.2 Å². The Kier molecular flexibility index (Phi) is 1.92. The molecule has 0 fully saturated rings. The fourth-order valence-electron chi connectivity index (χ4n) is 1.45. The second-order valence-electron chi connectivity index (χ2n) is 3.10. The van der Waals surface area contributed by atoms with Gasteiger partial charge in [-0.15, -0.1) is 0 Å². The minimum Gasteiger partial charge on any atom is -0.461 e. The Labute approximate surface area is 72.5 Å². The topological polar surface area (TPSA) is 17.3 Å². The molecular weight excluding hydrogens is 148 g/mol. The quantitative estimate of drug-likeness (QED) is 0.579. The summed E-state index contributed by atoms with van der Waals surface area (Å²) in [5.41, 5.74) is 2.60. The van der Waals surface area contributed by atoms with Gasteiger partial charge in [0.05, 0.1) is 13.1 Å². The van der Waals surface area contributed by atoms with Gasteiger partial charge in [-0.3, -0.25) is 4.98 Å². The van der Waals surface area contributed by atoms with Crippen LogP contribution in [0.2, 0.25) is 0 Å². The minimum absolute atomic E-state index is 1.02. The van der Waals surface area contributed by atoms with Crippen molar-refractivity contribution in [2.45, 2.75) is 0 Å². The molecule has 1 aromatic heterocycles. The summed E-state index contributed by atoms with van der Waals surface area (Å²) in [5, 5.41) is 0. The van der Waals surface area contributed by atoms with Crippen LogP contribution in [0.15, 0.2) is 30.6 Å². The summed E-state index contributed by atoms with van der Waals surface area (Å²) in [4.78, 5) is 5.38. The van der Waals surface area contributed by atoms with Gasteiger partial charge in [0.2, 0.25) is 0 Å². The van der Waals surface area contributed by atoms with Gasteiger partial charge in [0.25, 0.3) is 0 Å². The lowest BCUT2D eigenvalue weighted by atomic mass is 10.1. The smallest absolute Gasteiger partial charge is 0.0795 e. The fraction of sp³-hybridized carbons (Fsp3) is 0.200. The number of aromatic nitrogens is 1. The first-order valence-electron chi connectivity index (χ1n) is 4.12. The summed E-state index contributed by atoms with van der Waals surface area (Å²) in [7, 11) is 3.96. The number of quaternary nitrogens is 1. The first-order valence-corrected chi connectivity index (χ1v) is 4.12. The highest BCUT2D eigenvalue weighted by atomic mass is 15.1. The summed E-state index contributed by atoms with van der Waals surface area (Å²) in [5.74, 6) is 0. The van der Waals surface area contributed by atoms with Gasteiger partial charge in [0, 0.05) is 23.5 Å². The lowest BCUT2D eigenvalue weighted by Crippen LogP contribution is -3.05. The molecule has 62 valence electrons. The average molecular weight is 160 g/mol. The number of hydrogen-bond donors (Lipinski definition) is 1. The molecule has 0 aromatic carbocycles. The Morgan fingerprint density at radius 1 is 1.50 bits per heavy atom. The Hall–Kier alpha value is -1.15. The summed E-state index contributed by atoms with van der Waals surface area (Å²) in [6, 6.07) is 4.06. The number of nitrogens with zero attached hydrogens (tertiary/aromatic N) is 1. The molecule has 0 amide bonds. The largest absolute Gasteiger partial charge is 0.461 e. The first-order chi connectivity index (χ1) is 5.86. The molecule has 0 spiro atoms. The summed E-state index contributed by atoms with van der Waals surface area (Å²) in [6.45, 7) is 2.05. The predicted octanol–water partition coefficient (Wildman–Crippen LogP) is 0.155. The molecule has 2 nitrogen and oxygen atoms in total. The van der Waals surface area contributed by atoms with E-state index in [-0.39, 0.29) is 0 Å². The van der Waals surface area contributed by atoms with Crippen molar-refractivity contribution in [3.8, 4) is 0 Å². The van der Waals surface area contributed by atoms with Crippen LogP contribution in [-0.4, -0.2) is 18.1 Å². The third-order valence-electron chi connectivity index (χ3n) is 2.11. The van der Waals surface area contributed by atoms with Crippen LogP contribution in [0.25, 0.3) is 5.57 Å². The van der Waals surface area contributed by atoms with Crippen molar-refractivity contribution in [1.82, 2.24) is 4.98 Å². The van der Waals surface area contributed by atoms with Gasteiger partial charge >= 0.3 is 0 Å². The van der Waals surface area contributed by atoms with Crippen LogP contribution in [0, 0.1) is 7.05 Å². The summed E-state index contributed by atoms with van der Waals surface area (Å²) >= 11 is 0. The average Bonchev–Trinajstić information content (AvgIpc) is 2.54. The molecule has 1 aliphatic rings. The number of rotatable bonds is 1. The standard InChI is InChI=1S/C10H12N2/c1-12-6-4-10(8-12)9-3-2-5-11-7-9/h2-5,7,12H,1,6,8H2. The van der Waals surface area contributed by atoms with E-state index in [1.54, 1.807) is 6.20 Å². The van der Waals surface area contributed by atoms with Gasteiger partial charge in [0.15, 0.2) is 0 Å². The molecule has 0 saturated heterocycles. The van der Waals surface area contributed by atoms with E-state index in [0.717, 1.165) is 13.1 Å². The molecule has 0 bridgehead atoms. The van der Waals surface area contributed by atoms with E-state index in [2.05, 4.69) is 24.2 Å². The molecule has 1 aromatic rings. The van der Waals surface area contributed by atoms with E-state index in [4.69, 9.17) is 0 Å². The molecule has 1 aliphatic heterocycles. The molecule has 2 rings (SSSR count). The second kappa shape index (κ2) is 3.07. The van der Waals surface area contributed by atoms with Crippen LogP contribution in [0.1, 0.15) is 5.56 Å². The van der Waals surface area contributed by atoms with Gasteiger partial charge in [0.1, 0.15) is 0 Å². The Morgan fingerprint density at radius 3 is 3.00 bits per heavy atom. The van der Waals surface area contributed by atoms with E-state index < -0.39 is 0 Å². The van der Waals surface area contributed by atoms with Crippen LogP contribution < -0.4 is 4.90 Å². The molecule has 2 heterocycles. The zero-order valence-corrected chi connectivity index (χ0v) is 6.96. The first kappa shape index (κ1) is 7.50. The normalized spacial score (nSPS) is 22.4. The van der Waals surface area contributed by atoms with Crippen molar-refractivity contribution in [1.29, 1.82) is 0 Å². The number of nitrogens with one attached hydrogen (secondary N) is 1. The molecule has 1 atom stereocenters. The molecule has 1 unspecified atom stereocenters. The van der Waals surface area contributed by atoms with Crippen LogP contribution in [0.4, 0.5) is 0 Å². The highest BCUT2D eigenvalue weighted by Crippen LogP contribution is 2.11. The van der Waals surface area contributed by atoms with Gasteiger partial charge in [-0.2, -0.15) is 7.05 Å².